The summed E-state index contributed by atoms with van der Waals surface area (Å²) in [5, 5.41) is 19.8. The largest absolute Gasteiger partial charge is 0.497 e. The van der Waals surface area contributed by atoms with Gasteiger partial charge >= 0.3 is 11.9 Å². The summed E-state index contributed by atoms with van der Waals surface area (Å²) < 4.78 is 10.6. The first-order chi connectivity index (χ1) is 18.2. The van der Waals surface area contributed by atoms with Crippen LogP contribution in [0.1, 0.15) is 22.3 Å². The highest BCUT2D eigenvalue weighted by Crippen LogP contribution is 2.49. The molecule has 10 heteroatoms. The summed E-state index contributed by atoms with van der Waals surface area (Å²) in [6.45, 7) is 1.22. The van der Waals surface area contributed by atoms with Gasteiger partial charge in [-0.3, -0.25) is 19.2 Å². The fourth-order valence-electron chi connectivity index (χ4n) is 6.09. The average molecular weight is 523 g/mol. The van der Waals surface area contributed by atoms with E-state index in [0.717, 1.165) is 22.3 Å². The topological polar surface area (TPSA) is 134 Å². The van der Waals surface area contributed by atoms with Crippen LogP contribution in [-0.2, 0) is 45.1 Å². The number of hydrogen-bond acceptors (Lipinski definition) is 6. The molecule has 2 aromatic carbocycles. The Morgan fingerprint density at radius 1 is 0.658 bits per heavy atom. The first-order valence-corrected chi connectivity index (χ1v) is 12.6. The van der Waals surface area contributed by atoms with E-state index in [1.165, 1.54) is 0 Å². The average Bonchev–Trinajstić information content (AvgIpc) is 2.90. The van der Waals surface area contributed by atoms with Gasteiger partial charge in [0.05, 0.1) is 37.9 Å². The molecule has 1 saturated carbocycles. The van der Waals surface area contributed by atoms with Crippen LogP contribution in [0.3, 0.4) is 0 Å². The van der Waals surface area contributed by atoms with Crippen molar-refractivity contribution in [2.75, 3.05) is 27.3 Å². The third kappa shape index (κ3) is 4.33. The maximum Gasteiger partial charge on any atom is 0.308 e. The van der Waals surface area contributed by atoms with Gasteiger partial charge in [-0.25, -0.2) is 0 Å². The number of aliphatic carboxylic acids is 2. The Hall–Kier alpha value is -4.08. The van der Waals surface area contributed by atoms with Crippen LogP contribution >= 0.6 is 0 Å². The van der Waals surface area contributed by atoms with E-state index in [-0.39, 0.29) is 13.1 Å². The van der Waals surface area contributed by atoms with Crippen LogP contribution in [-0.4, -0.2) is 71.1 Å². The SMILES string of the molecule is COc1ccc2c(c1)CCN(C(=O)C1C(C(=O)O)C(C(=O)O)C1C(=O)N1CCc3cc(OC)ccc3C1)C2. The molecule has 2 aliphatic heterocycles. The number of carbonyl (C=O) groups is 4. The lowest BCUT2D eigenvalue weighted by Crippen LogP contribution is -2.64. The number of nitrogens with zero attached hydrogens (tertiary/aromatic N) is 2. The third-order valence-electron chi connectivity index (χ3n) is 8.16. The maximum atomic E-state index is 13.7. The van der Waals surface area contributed by atoms with Gasteiger partial charge in [-0.2, -0.15) is 0 Å². The Balaban J connectivity index is 1.40. The van der Waals surface area contributed by atoms with E-state index in [1.807, 2.05) is 24.3 Å². The number of carboxylic acid groups (broad SMARTS) is 2. The molecule has 2 heterocycles. The van der Waals surface area contributed by atoms with Crippen molar-refractivity contribution in [3.05, 3.63) is 58.7 Å². The van der Waals surface area contributed by atoms with Gasteiger partial charge in [-0.1, -0.05) is 12.1 Å². The summed E-state index contributed by atoms with van der Waals surface area (Å²) in [7, 11) is 3.16. The molecule has 200 valence electrons. The molecule has 2 amide bonds. The minimum absolute atomic E-state index is 0.262. The van der Waals surface area contributed by atoms with Gasteiger partial charge in [0, 0.05) is 26.2 Å². The Morgan fingerprint density at radius 2 is 1.05 bits per heavy atom. The van der Waals surface area contributed by atoms with Crippen molar-refractivity contribution in [1.29, 1.82) is 0 Å². The molecular weight excluding hydrogens is 492 g/mol. The van der Waals surface area contributed by atoms with Crippen molar-refractivity contribution in [2.45, 2.75) is 25.9 Å². The second-order valence-corrected chi connectivity index (χ2v) is 10.1. The highest BCUT2D eigenvalue weighted by atomic mass is 16.5. The number of amides is 2. The van der Waals surface area contributed by atoms with Gasteiger partial charge in [-0.15, -0.1) is 0 Å². The highest BCUT2D eigenvalue weighted by molar-refractivity contribution is 5.99. The smallest absolute Gasteiger partial charge is 0.308 e. The first-order valence-electron chi connectivity index (χ1n) is 12.6. The van der Waals surface area contributed by atoms with Crippen molar-refractivity contribution >= 4 is 23.8 Å². The van der Waals surface area contributed by atoms with Crippen LogP contribution in [0.2, 0.25) is 0 Å². The predicted molar refractivity (Wildman–Crippen MR) is 133 cm³/mol. The second-order valence-electron chi connectivity index (χ2n) is 10.1. The molecule has 1 fully saturated rings. The van der Waals surface area contributed by atoms with Crippen LogP contribution in [0, 0.1) is 23.7 Å². The first kappa shape index (κ1) is 25.6. The molecule has 0 radical (unpaired) electrons. The van der Waals surface area contributed by atoms with E-state index >= 15 is 0 Å². The van der Waals surface area contributed by atoms with E-state index in [2.05, 4.69) is 0 Å². The quantitative estimate of drug-likeness (QED) is 0.587. The third-order valence-corrected chi connectivity index (χ3v) is 8.16. The van der Waals surface area contributed by atoms with Crippen molar-refractivity contribution in [3.63, 3.8) is 0 Å². The van der Waals surface area contributed by atoms with Crippen LogP contribution in [0.15, 0.2) is 36.4 Å². The van der Waals surface area contributed by atoms with Crippen LogP contribution in [0.5, 0.6) is 11.5 Å². The van der Waals surface area contributed by atoms with E-state index in [9.17, 15) is 29.4 Å². The minimum atomic E-state index is -1.47. The van der Waals surface area contributed by atoms with Gasteiger partial charge in [0.25, 0.3) is 0 Å². The van der Waals surface area contributed by atoms with Crippen molar-refractivity contribution < 1.29 is 38.9 Å². The van der Waals surface area contributed by atoms with Gasteiger partial charge in [0.1, 0.15) is 11.5 Å². The minimum Gasteiger partial charge on any atom is -0.497 e. The van der Waals surface area contributed by atoms with Gasteiger partial charge in [-0.05, 0) is 59.4 Å². The van der Waals surface area contributed by atoms with E-state index < -0.39 is 47.4 Å². The summed E-state index contributed by atoms with van der Waals surface area (Å²) in [5.74, 6) is -7.71. The van der Waals surface area contributed by atoms with Crippen LogP contribution in [0.4, 0.5) is 0 Å². The molecule has 3 aliphatic rings. The number of methoxy groups -OCH3 is 2. The number of hydrogen-bond donors (Lipinski definition) is 2. The standard InChI is InChI=1S/C28H30N2O8/c1-37-19-5-3-17-13-29(9-7-15(17)11-19)25(31)21-22(24(28(35)36)23(21)27(33)34)26(32)30-10-8-16-12-20(38-2)6-4-18(16)14-30/h3-6,11-12,21-24H,7-10,13-14H2,1-2H3,(H,33,34)(H,35,36). The Labute approximate surface area is 219 Å². The maximum absolute atomic E-state index is 13.7. The lowest BCUT2D eigenvalue weighted by molar-refractivity contribution is -0.188. The molecule has 4 unspecified atom stereocenters. The zero-order valence-corrected chi connectivity index (χ0v) is 21.3. The molecule has 5 rings (SSSR count). The predicted octanol–water partition coefficient (Wildman–Crippen LogP) is 1.82. The summed E-state index contributed by atoms with van der Waals surface area (Å²) >= 11 is 0. The lowest BCUT2D eigenvalue weighted by Gasteiger charge is -2.49. The highest BCUT2D eigenvalue weighted by Gasteiger charge is 2.65. The monoisotopic (exact) mass is 522 g/mol. The fourth-order valence-corrected chi connectivity index (χ4v) is 6.09. The molecule has 0 aromatic heterocycles. The molecule has 0 bridgehead atoms. The Kier molecular flexibility index (Phi) is 6.73. The number of ether oxygens (including phenoxy) is 2. The summed E-state index contributed by atoms with van der Waals surface area (Å²) in [4.78, 5) is 54.8. The number of benzene rings is 2. The molecule has 0 saturated heterocycles. The fraction of sp³-hybridized carbons (Fsp3) is 0.429. The molecule has 38 heavy (non-hydrogen) atoms. The molecule has 2 N–H and O–H groups in total. The van der Waals surface area contributed by atoms with Gasteiger partial charge < -0.3 is 29.5 Å². The molecule has 1 aliphatic carbocycles. The van der Waals surface area contributed by atoms with Gasteiger partial charge in [0.15, 0.2) is 0 Å². The number of carbonyl (C=O) groups excluding carboxylic acids is 2. The molecule has 2 aromatic rings. The molecular formula is C28H30N2O8. The van der Waals surface area contributed by atoms with Crippen LogP contribution in [0.25, 0.3) is 0 Å². The van der Waals surface area contributed by atoms with E-state index in [1.54, 1.807) is 36.2 Å². The zero-order chi connectivity index (χ0) is 27.1. The van der Waals surface area contributed by atoms with E-state index in [4.69, 9.17) is 9.47 Å². The lowest BCUT2D eigenvalue weighted by atomic mass is 9.55. The normalized spacial score (nSPS) is 23.9. The van der Waals surface area contributed by atoms with E-state index in [0.29, 0.717) is 37.4 Å². The summed E-state index contributed by atoms with van der Waals surface area (Å²) in [5.41, 5.74) is 3.91. The van der Waals surface area contributed by atoms with Crippen LogP contribution < -0.4 is 9.47 Å². The Morgan fingerprint density at radius 3 is 1.39 bits per heavy atom. The van der Waals surface area contributed by atoms with Gasteiger partial charge in [0.2, 0.25) is 11.8 Å². The van der Waals surface area contributed by atoms with Crippen molar-refractivity contribution in [2.24, 2.45) is 23.7 Å². The number of carboxylic acids is 2. The molecule has 10 nitrogen and oxygen atoms in total. The Bertz CT molecular complexity index is 1210. The molecule has 4 atom stereocenters. The second kappa shape index (κ2) is 10.00. The summed E-state index contributed by atoms with van der Waals surface area (Å²) in [6.07, 6.45) is 1.10. The number of fused-ring (bicyclic) bond motifs is 2. The number of rotatable bonds is 6. The molecule has 0 spiro atoms. The van der Waals surface area contributed by atoms with Crippen molar-refractivity contribution in [3.8, 4) is 11.5 Å². The summed E-state index contributed by atoms with van der Waals surface area (Å²) in [6, 6.07) is 11.2. The zero-order valence-electron chi connectivity index (χ0n) is 21.3. The van der Waals surface area contributed by atoms with Crippen molar-refractivity contribution in [1.82, 2.24) is 9.80 Å².